The molecule has 2 rings (SSSR count). The van der Waals surface area contributed by atoms with Gasteiger partial charge in [0.25, 0.3) is 0 Å². The first-order valence-corrected chi connectivity index (χ1v) is 6.63. The van der Waals surface area contributed by atoms with Crippen LogP contribution in [0.5, 0.6) is 0 Å². The number of morpholine rings is 1. The number of nitrogens with one attached hydrogen (secondary N) is 1. The summed E-state index contributed by atoms with van der Waals surface area (Å²) in [5.41, 5.74) is 0. The third kappa shape index (κ3) is 3.13. The second kappa shape index (κ2) is 6.16. The van der Waals surface area contributed by atoms with Crippen molar-refractivity contribution in [2.75, 3.05) is 31.7 Å². The normalized spacial score (nSPS) is 19.3. The minimum Gasteiger partial charge on any atom is -0.377 e. The summed E-state index contributed by atoms with van der Waals surface area (Å²) in [6, 6.07) is 1.30. The van der Waals surface area contributed by atoms with Crippen LogP contribution < -0.4 is 10.2 Å². The number of anilines is 1. The average Bonchev–Trinajstić information content (AvgIpc) is 2.45. The second-order valence-corrected chi connectivity index (χ2v) is 4.60. The minimum absolute atomic E-state index is 0.0903. The summed E-state index contributed by atoms with van der Waals surface area (Å²) in [5.74, 6) is 1.26. The van der Waals surface area contributed by atoms with Crippen molar-refractivity contribution in [3.63, 3.8) is 0 Å². The SMILES string of the molecule is CCc1nc(Cl)cc(N2CCOCC2C(=O)NC)n1. The van der Waals surface area contributed by atoms with E-state index < -0.39 is 0 Å². The van der Waals surface area contributed by atoms with Gasteiger partial charge >= 0.3 is 0 Å². The molecule has 1 atom stereocenters. The fourth-order valence-electron chi connectivity index (χ4n) is 2.02. The minimum atomic E-state index is -0.380. The first kappa shape index (κ1) is 14.0. The molecule has 0 aliphatic carbocycles. The van der Waals surface area contributed by atoms with E-state index in [1.54, 1.807) is 13.1 Å². The smallest absolute Gasteiger partial charge is 0.244 e. The van der Waals surface area contributed by atoms with Gasteiger partial charge in [0.2, 0.25) is 5.91 Å². The highest BCUT2D eigenvalue weighted by molar-refractivity contribution is 6.29. The van der Waals surface area contributed by atoms with Crippen LogP contribution >= 0.6 is 11.6 Å². The number of ether oxygens (including phenoxy) is 1. The topological polar surface area (TPSA) is 67.4 Å². The van der Waals surface area contributed by atoms with Crippen LogP contribution in [-0.4, -0.2) is 48.7 Å². The lowest BCUT2D eigenvalue weighted by Crippen LogP contribution is -2.53. The van der Waals surface area contributed by atoms with Crippen molar-refractivity contribution < 1.29 is 9.53 Å². The largest absolute Gasteiger partial charge is 0.377 e. The number of halogens is 1. The molecule has 0 bridgehead atoms. The molecule has 1 aromatic rings. The van der Waals surface area contributed by atoms with Crippen molar-refractivity contribution >= 4 is 23.3 Å². The summed E-state index contributed by atoms with van der Waals surface area (Å²) < 4.78 is 5.36. The van der Waals surface area contributed by atoms with Crippen molar-refractivity contribution in [2.24, 2.45) is 0 Å². The lowest BCUT2D eigenvalue weighted by Gasteiger charge is -2.35. The number of aromatic nitrogens is 2. The van der Waals surface area contributed by atoms with Gasteiger partial charge < -0.3 is 15.0 Å². The lowest BCUT2D eigenvalue weighted by atomic mass is 10.2. The van der Waals surface area contributed by atoms with Crippen LogP contribution in [0.2, 0.25) is 5.15 Å². The highest BCUT2D eigenvalue weighted by atomic mass is 35.5. The van der Waals surface area contributed by atoms with Gasteiger partial charge in [-0.1, -0.05) is 18.5 Å². The molecule has 6 nitrogen and oxygen atoms in total. The Morgan fingerprint density at radius 2 is 2.42 bits per heavy atom. The molecule has 1 aliphatic heterocycles. The number of hydrogen-bond donors (Lipinski definition) is 1. The zero-order valence-electron chi connectivity index (χ0n) is 11.0. The lowest BCUT2D eigenvalue weighted by molar-refractivity contribution is -0.124. The van der Waals surface area contributed by atoms with Gasteiger partial charge in [-0.3, -0.25) is 4.79 Å². The maximum Gasteiger partial charge on any atom is 0.244 e. The van der Waals surface area contributed by atoms with Crippen molar-refractivity contribution in [1.29, 1.82) is 0 Å². The molecule has 7 heteroatoms. The van der Waals surface area contributed by atoms with Gasteiger partial charge in [-0.2, -0.15) is 0 Å². The summed E-state index contributed by atoms with van der Waals surface area (Å²) in [6.07, 6.45) is 0.697. The number of amides is 1. The van der Waals surface area contributed by atoms with Crippen LogP contribution in [0.4, 0.5) is 5.82 Å². The molecule has 1 aromatic heterocycles. The Balaban J connectivity index is 2.31. The predicted molar refractivity (Wildman–Crippen MR) is 72.4 cm³/mol. The van der Waals surface area contributed by atoms with Gasteiger partial charge in [-0.05, 0) is 0 Å². The van der Waals surface area contributed by atoms with Crippen molar-refractivity contribution in [1.82, 2.24) is 15.3 Å². The van der Waals surface area contributed by atoms with Crippen LogP contribution in [0.15, 0.2) is 6.07 Å². The quantitative estimate of drug-likeness (QED) is 0.825. The van der Waals surface area contributed by atoms with Gasteiger partial charge in [-0.25, -0.2) is 9.97 Å². The predicted octanol–water partition coefficient (Wildman–Crippen LogP) is 0.644. The Morgan fingerprint density at radius 3 is 3.11 bits per heavy atom. The summed E-state index contributed by atoms with van der Waals surface area (Å²) in [4.78, 5) is 22.4. The highest BCUT2D eigenvalue weighted by Crippen LogP contribution is 2.21. The maximum atomic E-state index is 11.9. The Bertz CT molecular complexity index is 469. The summed E-state index contributed by atoms with van der Waals surface area (Å²) in [5, 5.41) is 3.03. The fourth-order valence-corrected chi connectivity index (χ4v) is 2.21. The van der Waals surface area contributed by atoms with E-state index in [-0.39, 0.29) is 11.9 Å². The van der Waals surface area contributed by atoms with Crippen LogP contribution in [0, 0.1) is 0 Å². The zero-order chi connectivity index (χ0) is 13.8. The van der Waals surface area contributed by atoms with Gasteiger partial charge in [0.05, 0.1) is 13.2 Å². The van der Waals surface area contributed by atoms with Gasteiger partial charge in [0, 0.05) is 26.1 Å². The van der Waals surface area contributed by atoms with Crippen LogP contribution in [0.25, 0.3) is 0 Å². The molecule has 0 radical (unpaired) electrons. The van der Waals surface area contributed by atoms with Gasteiger partial charge in [-0.15, -0.1) is 0 Å². The van der Waals surface area contributed by atoms with E-state index in [1.165, 1.54) is 0 Å². The highest BCUT2D eigenvalue weighted by Gasteiger charge is 2.30. The van der Waals surface area contributed by atoms with Crippen molar-refractivity contribution in [3.8, 4) is 0 Å². The number of carbonyl (C=O) groups is 1. The monoisotopic (exact) mass is 284 g/mol. The molecule has 1 saturated heterocycles. The van der Waals surface area contributed by atoms with Crippen molar-refractivity contribution in [3.05, 3.63) is 17.0 Å². The molecule has 1 amide bonds. The van der Waals surface area contributed by atoms with E-state index in [0.29, 0.717) is 43.0 Å². The molecule has 1 N–H and O–H groups in total. The van der Waals surface area contributed by atoms with Crippen LogP contribution in [0.1, 0.15) is 12.7 Å². The van der Waals surface area contributed by atoms with E-state index in [9.17, 15) is 4.79 Å². The van der Waals surface area contributed by atoms with E-state index in [4.69, 9.17) is 16.3 Å². The van der Waals surface area contributed by atoms with Crippen LogP contribution in [0.3, 0.4) is 0 Å². The zero-order valence-corrected chi connectivity index (χ0v) is 11.8. The Morgan fingerprint density at radius 1 is 1.63 bits per heavy atom. The Kier molecular flexibility index (Phi) is 4.55. The first-order chi connectivity index (χ1) is 9.15. The number of rotatable bonds is 3. The summed E-state index contributed by atoms with van der Waals surface area (Å²) in [7, 11) is 1.61. The third-order valence-electron chi connectivity index (χ3n) is 3.02. The molecule has 0 spiro atoms. The molecule has 0 aromatic carbocycles. The van der Waals surface area contributed by atoms with E-state index in [0.717, 1.165) is 0 Å². The molecule has 104 valence electrons. The molecule has 1 aliphatic rings. The van der Waals surface area contributed by atoms with Crippen molar-refractivity contribution in [2.45, 2.75) is 19.4 Å². The number of likely N-dealkylation sites (N-methyl/N-ethyl adjacent to an activating group) is 1. The average molecular weight is 285 g/mol. The van der Waals surface area contributed by atoms with Crippen LogP contribution in [-0.2, 0) is 16.0 Å². The van der Waals surface area contributed by atoms with E-state index >= 15 is 0 Å². The molecule has 1 fully saturated rings. The second-order valence-electron chi connectivity index (χ2n) is 4.22. The molecule has 0 saturated carbocycles. The molecule has 2 heterocycles. The Labute approximate surface area is 117 Å². The van der Waals surface area contributed by atoms with E-state index in [1.807, 2.05) is 11.8 Å². The first-order valence-electron chi connectivity index (χ1n) is 6.25. The number of nitrogens with zero attached hydrogens (tertiary/aromatic N) is 3. The summed E-state index contributed by atoms with van der Waals surface area (Å²) in [6.45, 7) is 3.49. The molecular weight excluding hydrogens is 268 g/mol. The molecular formula is C12H17ClN4O2. The maximum absolute atomic E-state index is 11.9. The number of carbonyl (C=O) groups excluding carboxylic acids is 1. The number of hydrogen-bond acceptors (Lipinski definition) is 5. The van der Waals surface area contributed by atoms with Gasteiger partial charge in [0.1, 0.15) is 22.8 Å². The van der Waals surface area contributed by atoms with E-state index in [2.05, 4.69) is 15.3 Å². The number of aryl methyl sites for hydroxylation is 1. The molecule has 19 heavy (non-hydrogen) atoms. The molecule has 1 unspecified atom stereocenters. The third-order valence-corrected chi connectivity index (χ3v) is 3.21. The Hall–Kier alpha value is -1.40. The fraction of sp³-hybridized carbons (Fsp3) is 0.583. The van der Waals surface area contributed by atoms with Gasteiger partial charge in [0.15, 0.2) is 0 Å². The summed E-state index contributed by atoms with van der Waals surface area (Å²) >= 11 is 6.00. The standard InChI is InChI=1S/C12H17ClN4O2/c1-3-10-15-9(13)6-11(16-10)17-4-5-19-7-8(17)12(18)14-2/h6,8H,3-5,7H2,1-2H3,(H,14,18).